The summed E-state index contributed by atoms with van der Waals surface area (Å²) in [5, 5.41) is 3.86. The first-order chi connectivity index (χ1) is 14.5. The minimum Gasteiger partial charge on any atom is -0.484 e. The maximum absolute atomic E-state index is 13.2. The average molecular weight is 406 g/mol. The molecule has 0 heterocycles. The summed E-state index contributed by atoms with van der Waals surface area (Å²) < 4.78 is 23.7. The van der Waals surface area contributed by atoms with Crippen molar-refractivity contribution in [3.63, 3.8) is 0 Å². The molecule has 152 valence electrons. The number of ether oxygens (including phenoxy) is 2. The fourth-order valence-electron chi connectivity index (χ4n) is 2.40. The van der Waals surface area contributed by atoms with Gasteiger partial charge >= 0.3 is 5.97 Å². The Morgan fingerprint density at radius 3 is 2.40 bits per heavy atom. The van der Waals surface area contributed by atoms with Crippen molar-refractivity contribution in [1.82, 2.24) is 5.43 Å². The molecule has 0 saturated heterocycles. The van der Waals surface area contributed by atoms with Crippen molar-refractivity contribution in [2.45, 2.75) is 6.92 Å². The quantitative estimate of drug-likeness (QED) is 0.280. The number of nitrogens with one attached hydrogen (secondary N) is 1. The zero-order chi connectivity index (χ0) is 21.3. The van der Waals surface area contributed by atoms with Gasteiger partial charge in [0.2, 0.25) is 0 Å². The molecule has 0 atom stereocenters. The third-order valence-electron chi connectivity index (χ3n) is 3.94. The average Bonchev–Trinajstić information content (AvgIpc) is 2.74. The minimum atomic E-state index is -0.656. The first kappa shape index (κ1) is 20.7. The summed E-state index contributed by atoms with van der Waals surface area (Å²) in [7, 11) is 0. The van der Waals surface area contributed by atoms with E-state index in [4.69, 9.17) is 9.47 Å². The van der Waals surface area contributed by atoms with E-state index in [1.165, 1.54) is 24.4 Å². The van der Waals surface area contributed by atoms with Crippen LogP contribution in [0.3, 0.4) is 0 Å². The number of aryl methyl sites for hydroxylation is 1. The normalized spacial score (nSPS) is 10.6. The lowest BCUT2D eigenvalue weighted by Crippen LogP contribution is -2.24. The minimum absolute atomic E-state index is 0.121. The maximum atomic E-state index is 13.2. The molecule has 3 aromatic carbocycles. The number of benzene rings is 3. The van der Waals surface area contributed by atoms with Crippen LogP contribution in [0.2, 0.25) is 0 Å². The Balaban J connectivity index is 1.46. The van der Waals surface area contributed by atoms with Gasteiger partial charge in [-0.1, -0.05) is 23.8 Å². The highest BCUT2D eigenvalue weighted by atomic mass is 19.1. The van der Waals surface area contributed by atoms with Crippen molar-refractivity contribution >= 4 is 18.1 Å². The second-order valence-electron chi connectivity index (χ2n) is 6.36. The van der Waals surface area contributed by atoms with Gasteiger partial charge in [0.15, 0.2) is 6.61 Å². The second-order valence-corrected chi connectivity index (χ2v) is 6.36. The van der Waals surface area contributed by atoms with Crippen molar-refractivity contribution in [2.75, 3.05) is 6.61 Å². The number of carbonyl (C=O) groups excluding carboxylic acids is 2. The Morgan fingerprint density at radius 1 is 1.00 bits per heavy atom. The third kappa shape index (κ3) is 6.27. The molecule has 1 N–H and O–H groups in total. The SMILES string of the molecule is Cc1ccc(OCC(=O)N/N=C\c2ccc(OC(=O)c3cccc(F)c3)cc2)cc1. The van der Waals surface area contributed by atoms with E-state index >= 15 is 0 Å². The first-order valence-corrected chi connectivity index (χ1v) is 9.09. The van der Waals surface area contributed by atoms with Crippen molar-refractivity contribution in [3.8, 4) is 11.5 Å². The number of carbonyl (C=O) groups is 2. The number of amides is 1. The van der Waals surface area contributed by atoms with E-state index in [0.717, 1.165) is 11.6 Å². The van der Waals surface area contributed by atoms with Crippen LogP contribution in [0.1, 0.15) is 21.5 Å². The van der Waals surface area contributed by atoms with Crippen LogP contribution < -0.4 is 14.9 Å². The van der Waals surface area contributed by atoms with E-state index in [2.05, 4.69) is 10.5 Å². The molecule has 30 heavy (non-hydrogen) atoms. The summed E-state index contributed by atoms with van der Waals surface area (Å²) in [5.41, 5.74) is 4.28. The molecular weight excluding hydrogens is 387 g/mol. The Kier molecular flexibility index (Phi) is 6.89. The van der Waals surface area contributed by atoms with Gasteiger partial charge < -0.3 is 9.47 Å². The molecule has 0 fully saturated rings. The van der Waals surface area contributed by atoms with Crippen LogP contribution in [0, 0.1) is 12.7 Å². The molecular formula is C23H19FN2O4. The van der Waals surface area contributed by atoms with Gasteiger partial charge in [-0.05, 0) is 67.1 Å². The van der Waals surface area contributed by atoms with E-state index in [1.54, 1.807) is 36.4 Å². The molecule has 0 spiro atoms. The largest absolute Gasteiger partial charge is 0.484 e. The first-order valence-electron chi connectivity index (χ1n) is 9.09. The summed E-state index contributed by atoms with van der Waals surface area (Å²) in [6.45, 7) is 1.81. The van der Waals surface area contributed by atoms with Crippen molar-refractivity contribution in [3.05, 3.63) is 95.3 Å². The number of nitrogens with zero attached hydrogens (tertiary/aromatic N) is 1. The highest BCUT2D eigenvalue weighted by molar-refractivity contribution is 5.91. The molecule has 0 aromatic heterocycles. The fourth-order valence-corrected chi connectivity index (χ4v) is 2.40. The van der Waals surface area contributed by atoms with Crippen molar-refractivity contribution in [2.24, 2.45) is 5.10 Å². The van der Waals surface area contributed by atoms with Gasteiger partial charge in [0.25, 0.3) is 5.91 Å². The molecule has 0 aliphatic rings. The summed E-state index contributed by atoms with van der Waals surface area (Å²) in [4.78, 5) is 23.8. The summed E-state index contributed by atoms with van der Waals surface area (Å²) >= 11 is 0. The lowest BCUT2D eigenvalue weighted by atomic mass is 10.2. The molecule has 0 aliphatic heterocycles. The zero-order valence-corrected chi connectivity index (χ0v) is 16.2. The standard InChI is InChI=1S/C23H19FN2O4/c1-16-5-9-20(10-6-16)29-15-22(27)26-25-14-17-7-11-21(12-8-17)30-23(28)18-3-2-4-19(24)13-18/h2-14H,15H2,1H3,(H,26,27)/b25-14-. The number of hydrogen-bond acceptors (Lipinski definition) is 5. The van der Waals surface area contributed by atoms with Crippen molar-refractivity contribution < 1.29 is 23.5 Å². The Hall–Kier alpha value is -4.00. The highest BCUT2D eigenvalue weighted by Gasteiger charge is 2.09. The molecule has 3 rings (SSSR count). The van der Waals surface area contributed by atoms with Crippen LogP contribution in [-0.2, 0) is 4.79 Å². The summed E-state index contributed by atoms with van der Waals surface area (Å²) in [5.74, 6) is -0.661. The summed E-state index contributed by atoms with van der Waals surface area (Å²) in [6.07, 6.45) is 1.45. The number of halogens is 1. The van der Waals surface area contributed by atoms with Crippen LogP contribution in [0.25, 0.3) is 0 Å². The van der Waals surface area contributed by atoms with Gasteiger partial charge in [0, 0.05) is 0 Å². The van der Waals surface area contributed by atoms with Crippen LogP contribution in [0.4, 0.5) is 4.39 Å². The monoisotopic (exact) mass is 406 g/mol. The fraction of sp³-hybridized carbons (Fsp3) is 0.0870. The summed E-state index contributed by atoms with van der Waals surface area (Å²) in [6, 6.07) is 19.1. The number of hydrogen-bond donors (Lipinski definition) is 1. The van der Waals surface area contributed by atoms with E-state index in [9.17, 15) is 14.0 Å². The molecule has 0 radical (unpaired) electrons. The van der Waals surface area contributed by atoms with Gasteiger partial charge in [-0.15, -0.1) is 0 Å². The third-order valence-corrected chi connectivity index (χ3v) is 3.94. The number of hydrazone groups is 1. The van der Waals surface area contributed by atoms with Gasteiger partial charge in [0.05, 0.1) is 11.8 Å². The smallest absolute Gasteiger partial charge is 0.343 e. The Labute approximate surface area is 173 Å². The lowest BCUT2D eigenvalue weighted by Gasteiger charge is -2.05. The van der Waals surface area contributed by atoms with E-state index in [0.29, 0.717) is 17.1 Å². The number of rotatable bonds is 7. The van der Waals surface area contributed by atoms with Gasteiger partial charge in [0.1, 0.15) is 17.3 Å². The van der Waals surface area contributed by atoms with Gasteiger partial charge in [-0.3, -0.25) is 4.79 Å². The van der Waals surface area contributed by atoms with Crippen LogP contribution in [0.15, 0.2) is 77.9 Å². The van der Waals surface area contributed by atoms with Gasteiger partial charge in [-0.2, -0.15) is 5.10 Å². The van der Waals surface area contributed by atoms with Crippen LogP contribution in [-0.4, -0.2) is 24.7 Å². The molecule has 0 aliphatic carbocycles. The van der Waals surface area contributed by atoms with E-state index in [1.807, 2.05) is 19.1 Å². The van der Waals surface area contributed by atoms with E-state index in [-0.39, 0.29) is 12.2 Å². The van der Waals surface area contributed by atoms with E-state index < -0.39 is 17.7 Å². The molecule has 7 heteroatoms. The topological polar surface area (TPSA) is 77.0 Å². The zero-order valence-electron chi connectivity index (χ0n) is 16.2. The van der Waals surface area contributed by atoms with Crippen molar-refractivity contribution in [1.29, 1.82) is 0 Å². The Morgan fingerprint density at radius 2 is 1.70 bits per heavy atom. The predicted molar refractivity (Wildman–Crippen MR) is 110 cm³/mol. The van der Waals surface area contributed by atoms with Crippen LogP contribution in [0.5, 0.6) is 11.5 Å². The molecule has 6 nitrogen and oxygen atoms in total. The molecule has 1 amide bonds. The maximum Gasteiger partial charge on any atom is 0.343 e. The van der Waals surface area contributed by atoms with Gasteiger partial charge in [-0.25, -0.2) is 14.6 Å². The second kappa shape index (κ2) is 9.97. The number of esters is 1. The highest BCUT2D eigenvalue weighted by Crippen LogP contribution is 2.14. The predicted octanol–water partition coefficient (Wildman–Crippen LogP) is 3.88. The molecule has 0 unspecified atom stereocenters. The van der Waals surface area contributed by atoms with Crippen LogP contribution >= 0.6 is 0 Å². The molecule has 0 saturated carbocycles. The lowest BCUT2D eigenvalue weighted by molar-refractivity contribution is -0.123. The molecule has 0 bridgehead atoms. The molecule has 3 aromatic rings. The Bertz CT molecular complexity index is 1050.